The minimum atomic E-state index is 0.359. The highest BCUT2D eigenvalue weighted by atomic mass is 35.5. The van der Waals surface area contributed by atoms with E-state index in [2.05, 4.69) is 54.7 Å². The number of benzene rings is 2. The van der Waals surface area contributed by atoms with E-state index in [1.807, 2.05) is 12.1 Å². The predicted molar refractivity (Wildman–Crippen MR) is 84.9 cm³/mol. The summed E-state index contributed by atoms with van der Waals surface area (Å²) in [6.45, 7) is 2.24. The van der Waals surface area contributed by atoms with E-state index in [1.165, 1.54) is 24.0 Å². The van der Waals surface area contributed by atoms with Crippen LogP contribution in [0.5, 0.6) is 0 Å². The van der Waals surface area contributed by atoms with Crippen LogP contribution in [0.15, 0.2) is 54.6 Å². The van der Waals surface area contributed by atoms with E-state index in [-0.39, 0.29) is 0 Å². The Morgan fingerprint density at radius 3 is 2.20 bits per heavy atom. The van der Waals surface area contributed by atoms with Crippen LogP contribution < -0.4 is 5.32 Å². The molecule has 1 aliphatic carbocycles. The van der Waals surface area contributed by atoms with Gasteiger partial charge < -0.3 is 5.32 Å². The van der Waals surface area contributed by atoms with Gasteiger partial charge in [0.15, 0.2) is 0 Å². The smallest absolute Gasteiger partial charge is 0.0406 e. The molecule has 0 aliphatic heterocycles. The first-order valence-electron chi connectivity index (χ1n) is 7.30. The van der Waals surface area contributed by atoms with E-state index in [1.54, 1.807) is 0 Å². The van der Waals surface area contributed by atoms with Crippen LogP contribution in [0, 0.1) is 5.92 Å². The van der Waals surface area contributed by atoms with Crippen molar-refractivity contribution >= 4 is 11.6 Å². The highest BCUT2D eigenvalue weighted by Gasteiger charge is 2.33. The zero-order chi connectivity index (χ0) is 13.9. The van der Waals surface area contributed by atoms with E-state index in [4.69, 9.17) is 11.6 Å². The van der Waals surface area contributed by atoms with E-state index < -0.39 is 0 Å². The molecule has 0 spiro atoms. The minimum Gasteiger partial charge on any atom is -0.303 e. The molecule has 0 heterocycles. The molecule has 1 N–H and O–H groups in total. The fourth-order valence-corrected chi connectivity index (χ4v) is 2.84. The van der Waals surface area contributed by atoms with E-state index >= 15 is 0 Å². The molecule has 0 bridgehead atoms. The molecule has 104 valence electrons. The van der Waals surface area contributed by atoms with Gasteiger partial charge in [0.1, 0.15) is 0 Å². The molecule has 0 saturated heterocycles. The summed E-state index contributed by atoms with van der Waals surface area (Å²) in [6, 6.07) is 19.7. The van der Waals surface area contributed by atoms with Crippen LogP contribution >= 0.6 is 11.6 Å². The number of halogens is 1. The van der Waals surface area contributed by atoms with Crippen molar-refractivity contribution in [2.24, 2.45) is 5.92 Å². The molecular weight excluding hydrogens is 266 g/mol. The third-order valence-electron chi connectivity index (χ3n) is 4.05. The van der Waals surface area contributed by atoms with Gasteiger partial charge in [0.2, 0.25) is 0 Å². The lowest BCUT2D eigenvalue weighted by Gasteiger charge is -2.24. The topological polar surface area (TPSA) is 12.0 Å². The number of hydrogen-bond acceptors (Lipinski definition) is 1. The van der Waals surface area contributed by atoms with Crippen molar-refractivity contribution in [2.75, 3.05) is 0 Å². The molecule has 2 heteroatoms. The molecule has 2 aromatic rings. The summed E-state index contributed by atoms with van der Waals surface area (Å²) in [7, 11) is 0. The summed E-state index contributed by atoms with van der Waals surface area (Å²) in [5, 5.41) is 4.59. The van der Waals surface area contributed by atoms with E-state index in [0.29, 0.717) is 12.1 Å². The Morgan fingerprint density at radius 1 is 0.950 bits per heavy atom. The number of rotatable bonds is 5. The average molecular weight is 286 g/mol. The number of hydrogen-bond donors (Lipinski definition) is 1. The third kappa shape index (κ3) is 3.23. The SMILES string of the molecule is C[C@@H](NC(c1ccc(Cl)cc1)C1CC1)c1ccccc1. The molecule has 2 atom stereocenters. The normalized spacial score (nSPS) is 17.7. The molecule has 0 radical (unpaired) electrons. The van der Waals surface area contributed by atoms with Crippen LogP contribution in [-0.2, 0) is 0 Å². The zero-order valence-corrected chi connectivity index (χ0v) is 12.5. The van der Waals surface area contributed by atoms with Gasteiger partial charge in [0.25, 0.3) is 0 Å². The molecule has 2 aromatic carbocycles. The maximum Gasteiger partial charge on any atom is 0.0406 e. The lowest BCUT2D eigenvalue weighted by Crippen LogP contribution is -2.26. The van der Waals surface area contributed by atoms with Crippen molar-refractivity contribution in [3.63, 3.8) is 0 Å². The monoisotopic (exact) mass is 285 g/mol. The van der Waals surface area contributed by atoms with Crippen molar-refractivity contribution in [3.8, 4) is 0 Å². The zero-order valence-electron chi connectivity index (χ0n) is 11.7. The average Bonchev–Trinajstić information content (AvgIpc) is 3.31. The van der Waals surface area contributed by atoms with Crippen molar-refractivity contribution in [3.05, 3.63) is 70.7 Å². The van der Waals surface area contributed by atoms with Crippen molar-refractivity contribution < 1.29 is 0 Å². The molecule has 0 aromatic heterocycles. The number of nitrogens with one attached hydrogen (secondary N) is 1. The quantitative estimate of drug-likeness (QED) is 0.802. The van der Waals surface area contributed by atoms with Crippen molar-refractivity contribution in [1.29, 1.82) is 0 Å². The van der Waals surface area contributed by atoms with Crippen LogP contribution in [-0.4, -0.2) is 0 Å². The first-order valence-corrected chi connectivity index (χ1v) is 7.68. The van der Waals surface area contributed by atoms with Gasteiger partial charge in [0.05, 0.1) is 0 Å². The summed E-state index contributed by atoms with van der Waals surface area (Å²) in [5.74, 6) is 0.766. The van der Waals surface area contributed by atoms with Crippen molar-refractivity contribution in [2.45, 2.75) is 31.8 Å². The third-order valence-corrected chi connectivity index (χ3v) is 4.30. The maximum absolute atomic E-state index is 5.99. The minimum absolute atomic E-state index is 0.359. The van der Waals surface area contributed by atoms with Gasteiger partial charge in [-0.3, -0.25) is 0 Å². The molecular formula is C18H20ClN. The van der Waals surface area contributed by atoms with Gasteiger partial charge in [-0.2, -0.15) is 0 Å². The highest BCUT2D eigenvalue weighted by molar-refractivity contribution is 6.30. The Morgan fingerprint density at radius 2 is 1.60 bits per heavy atom. The van der Waals surface area contributed by atoms with Crippen LogP contribution in [0.3, 0.4) is 0 Å². The summed E-state index contributed by atoms with van der Waals surface area (Å²) in [4.78, 5) is 0. The van der Waals surface area contributed by atoms with Crippen molar-refractivity contribution in [1.82, 2.24) is 5.32 Å². The van der Waals surface area contributed by atoms with Crippen LogP contribution in [0.25, 0.3) is 0 Å². The van der Waals surface area contributed by atoms with Crippen LogP contribution in [0.4, 0.5) is 0 Å². The molecule has 20 heavy (non-hydrogen) atoms. The van der Waals surface area contributed by atoms with Crippen LogP contribution in [0.2, 0.25) is 5.02 Å². The Bertz CT molecular complexity index is 545. The molecule has 1 saturated carbocycles. The molecule has 1 unspecified atom stereocenters. The first kappa shape index (κ1) is 13.7. The van der Waals surface area contributed by atoms with Crippen LogP contribution in [0.1, 0.15) is 43.0 Å². The summed E-state index contributed by atoms with van der Waals surface area (Å²) in [6.07, 6.45) is 2.64. The Kier molecular flexibility index (Phi) is 4.09. The molecule has 1 aliphatic rings. The van der Waals surface area contributed by atoms with E-state index in [0.717, 1.165) is 10.9 Å². The largest absolute Gasteiger partial charge is 0.303 e. The van der Waals surface area contributed by atoms with Gasteiger partial charge in [0, 0.05) is 17.1 Å². The van der Waals surface area contributed by atoms with Gasteiger partial charge >= 0.3 is 0 Å². The first-order chi connectivity index (χ1) is 9.74. The second-order valence-corrected chi connectivity index (χ2v) is 6.10. The highest BCUT2D eigenvalue weighted by Crippen LogP contribution is 2.42. The Balaban J connectivity index is 1.76. The molecule has 0 amide bonds. The van der Waals surface area contributed by atoms with Gasteiger partial charge in [-0.25, -0.2) is 0 Å². The molecule has 1 fully saturated rings. The standard InChI is InChI=1S/C18H20ClN/c1-13(14-5-3-2-4-6-14)20-18(15-7-8-15)16-9-11-17(19)12-10-16/h2-6,9-13,15,18,20H,7-8H2,1H3/t13-,18?/m1/s1. The molecule has 3 rings (SSSR count). The fraction of sp³-hybridized carbons (Fsp3) is 0.333. The van der Waals surface area contributed by atoms with Gasteiger partial charge in [-0.15, -0.1) is 0 Å². The predicted octanol–water partition coefficient (Wildman–Crippen LogP) is 5.14. The summed E-state index contributed by atoms with van der Waals surface area (Å²) >= 11 is 5.99. The van der Waals surface area contributed by atoms with Gasteiger partial charge in [-0.05, 0) is 48.9 Å². The maximum atomic E-state index is 5.99. The Hall–Kier alpha value is -1.31. The second-order valence-electron chi connectivity index (χ2n) is 5.67. The van der Waals surface area contributed by atoms with E-state index in [9.17, 15) is 0 Å². The summed E-state index contributed by atoms with van der Waals surface area (Å²) < 4.78 is 0. The fourth-order valence-electron chi connectivity index (χ4n) is 2.71. The second kappa shape index (κ2) is 5.99. The lowest BCUT2D eigenvalue weighted by atomic mass is 9.99. The lowest BCUT2D eigenvalue weighted by molar-refractivity contribution is 0.427. The molecule has 1 nitrogen and oxygen atoms in total. The van der Waals surface area contributed by atoms with Gasteiger partial charge in [-0.1, -0.05) is 54.1 Å². The summed E-state index contributed by atoms with van der Waals surface area (Å²) in [5.41, 5.74) is 2.69. The Labute approximate surface area is 126 Å².